The van der Waals surface area contributed by atoms with Gasteiger partial charge in [-0.3, -0.25) is 15.0 Å². The number of hydrogen-bond acceptors (Lipinski definition) is 9. The zero-order valence-corrected chi connectivity index (χ0v) is 33.9. The van der Waals surface area contributed by atoms with Crippen LogP contribution in [0.3, 0.4) is 0 Å². The number of nitrogens with zero attached hydrogens (tertiary/aromatic N) is 1. The van der Waals surface area contributed by atoms with Crippen molar-refractivity contribution in [2.75, 3.05) is 20.3 Å². The Balaban J connectivity index is 1.23. The molecule has 0 heterocycles. The third-order valence-electron chi connectivity index (χ3n) is 9.40. The van der Waals surface area contributed by atoms with Gasteiger partial charge in [0.15, 0.2) is 0 Å². The molecular formula is C46H52N4O9. The van der Waals surface area contributed by atoms with Crippen LogP contribution < -0.4 is 20.8 Å². The second-order valence-electron chi connectivity index (χ2n) is 15.1. The van der Waals surface area contributed by atoms with E-state index in [-0.39, 0.29) is 57.0 Å². The van der Waals surface area contributed by atoms with Gasteiger partial charge in [0.25, 0.3) is 0 Å². The number of fused-ring (bicyclic) bond motifs is 3. The van der Waals surface area contributed by atoms with E-state index in [1.165, 1.54) is 13.2 Å². The molecule has 59 heavy (non-hydrogen) atoms. The molecule has 13 nitrogen and oxygen atoms in total. The summed E-state index contributed by atoms with van der Waals surface area (Å²) >= 11 is 0. The molecule has 2 unspecified atom stereocenters. The topological polar surface area (TPSA) is 162 Å². The number of esters is 2. The predicted octanol–water partition coefficient (Wildman–Crippen LogP) is 7.00. The van der Waals surface area contributed by atoms with E-state index in [0.717, 1.165) is 32.8 Å². The smallest absolute Gasteiger partial charge is 0.407 e. The highest BCUT2D eigenvalue weighted by Crippen LogP contribution is 2.44. The Kier molecular flexibility index (Phi) is 15.3. The van der Waals surface area contributed by atoms with Gasteiger partial charge in [0.05, 0.1) is 20.1 Å². The fourth-order valence-corrected chi connectivity index (χ4v) is 6.75. The molecule has 13 heteroatoms. The maximum absolute atomic E-state index is 13.9. The van der Waals surface area contributed by atoms with Crippen LogP contribution in [0.25, 0.3) is 11.1 Å². The maximum Gasteiger partial charge on any atom is 0.407 e. The number of ether oxygens (including phenoxy) is 4. The highest BCUT2D eigenvalue weighted by molar-refractivity contribution is 5.85. The van der Waals surface area contributed by atoms with Gasteiger partial charge in [-0.1, -0.05) is 104 Å². The lowest BCUT2D eigenvalue weighted by Gasteiger charge is -2.27. The summed E-state index contributed by atoms with van der Waals surface area (Å²) in [6, 6.07) is 29.6. The van der Waals surface area contributed by atoms with Crippen molar-refractivity contribution in [3.05, 3.63) is 138 Å². The fraction of sp³-hybridized carbons (Fsp3) is 0.326. The van der Waals surface area contributed by atoms with Gasteiger partial charge in [0, 0.05) is 18.4 Å². The highest BCUT2D eigenvalue weighted by atomic mass is 16.6. The lowest BCUT2D eigenvalue weighted by Crippen LogP contribution is -2.53. The standard InChI is InChI=1S/C46H52N4O9/c1-6-26-57-42(52)28-33(27-31-20-22-34(23-21-31)59-46(2,3)4)47-44(54)50(29-32-14-8-7-9-15-32)49-41(51)25-24-40(43(53)56-5)48-45(55)58-30-39-37-18-12-10-16-35(37)36-17-11-13-19-38(36)39/h6-23,33,39-40H,1,24-30H2,2-5H3,(H,47,54)(H,48,55)(H,49,51). The summed E-state index contributed by atoms with van der Waals surface area (Å²) in [6.45, 7) is 9.44. The monoisotopic (exact) mass is 804 g/mol. The van der Waals surface area contributed by atoms with Crippen molar-refractivity contribution < 1.29 is 42.9 Å². The van der Waals surface area contributed by atoms with Crippen molar-refractivity contribution in [1.82, 2.24) is 21.1 Å². The Bertz CT molecular complexity index is 2040. The molecule has 0 spiro atoms. The van der Waals surface area contributed by atoms with E-state index in [1.54, 1.807) is 24.3 Å². The molecule has 0 bridgehead atoms. The van der Waals surface area contributed by atoms with Gasteiger partial charge < -0.3 is 29.6 Å². The molecule has 5 rings (SSSR count). The van der Waals surface area contributed by atoms with Gasteiger partial charge in [-0.15, -0.1) is 0 Å². The zero-order valence-electron chi connectivity index (χ0n) is 33.9. The average Bonchev–Trinajstić information content (AvgIpc) is 3.54. The van der Waals surface area contributed by atoms with Crippen LogP contribution in [0.5, 0.6) is 5.75 Å². The van der Waals surface area contributed by atoms with Crippen molar-refractivity contribution in [2.24, 2.45) is 0 Å². The number of nitrogens with one attached hydrogen (secondary N) is 3. The first-order valence-electron chi connectivity index (χ1n) is 19.5. The molecule has 0 aromatic heterocycles. The Labute approximate surface area is 345 Å². The zero-order chi connectivity index (χ0) is 42.4. The number of methoxy groups -OCH3 is 1. The van der Waals surface area contributed by atoms with E-state index in [0.29, 0.717) is 11.3 Å². The van der Waals surface area contributed by atoms with Crippen molar-refractivity contribution in [3.8, 4) is 16.9 Å². The SMILES string of the molecule is C=CCOC(=O)CC(Cc1ccc(OC(C)(C)C)cc1)NC(=O)N(Cc1ccccc1)NC(=O)CCC(NC(=O)OCC1c2ccccc2-c2ccccc21)C(=O)OC. The van der Waals surface area contributed by atoms with Crippen molar-refractivity contribution in [1.29, 1.82) is 0 Å². The van der Waals surface area contributed by atoms with Gasteiger partial charge in [0.2, 0.25) is 5.91 Å². The number of hydrogen-bond donors (Lipinski definition) is 3. The van der Waals surface area contributed by atoms with E-state index < -0.39 is 42.1 Å². The summed E-state index contributed by atoms with van der Waals surface area (Å²) < 4.78 is 21.7. The number of hydrazine groups is 1. The molecule has 0 fully saturated rings. The summed E-state index contributed by atoms with van der Waals surface area (Å²) in [5.74, 6) is -1.44. The van der Waals surface area contributed by atoms with Gasteiger partial charge in [-0.25, -0.2) is 19.4 Å². The van der Waals surface area contributed by atoms with Crippen LogP contribution in [0, 0.1) is 0 Å². The van der Waals surface area contributed by atoms with E-state index in [9.17, 15) is 24.0 Å². The van der Waals surface area contributed by atoms with Gasteiger partial charge >= 0.3 is 24.1 Å². The van der Waals surface area contributed by atoms with Crippen LogP contribution in [-0.4, -0.2) is 73.0 Å². The summed E-state index contributed by atoms with van der Waals surface area (Å²) in [7, 11) is 1.18. The second kappa shape index (κ2) is 20.7. The van der Waals surface area contributed by atoms with E-state index in [1.807, 2.05) is 99.6 Å². The minimum absolute atomic E-state index is 0.0112. The number of carbonyl (C=O) groups excluding carboxylic acids is 5. The minimum atomic E-state index is -1.22. The summed E-state index contributed by atoms with van der Waals surface area (Å²) in [6.07, 6.45) is 0.282. The maximum atomic E-state index is 13.9. The first-order valence-corrected chi connectivity index (χ1v) is 19.5. The fourth-order valence-electron chi connectivity index (χ4n) is 6.75. The average molecular weight is 805 g/mol. The quantitative estimate of drug-likeness (QED) is 0.0442. The molecule has 4 aromatic carbocycles. The largest absolute Gasteiger partial charge is 0.488 e. The number of urea groups is 1. The number of rotatable bonds is 17. The molecule has 0 aliphatic heterocycles. The number of carbonyl (C=O) groups is 5. The van der Waals surface area contributed by atoms with Crippen LogP contribution in [0.1, 0.15) is 68.2 Å². The Morgan fingerprint density at radius 3 is 2.03 bits per heavy atom. The molecule has 1 aliphatic carbocycles. The summed E-state index contributed by atoms with van der Waals surface area (Å²) in [5.41, 5.74) is 8.00. The molecule has 0 radical (unpaired) electrons. The molecular weight excluding hydrogens is 753 g/mol. The molecule has 310 valence electrons. The third kappa shape index (κ3) is 12.9. The molecule has 2 atom stereocenters. The van der Waals surface area contributed by atoms with Crippen molar-refractivity contribution >= 4 is 30.0 Å². The highest BCUT2D eigenvalue weighted by Gasteiger charge is 2.31. The molecule has 1 aliphatic rings. The first kappa shape index (κ1) is 43.5. The van der Waals surface area contributed by atoms with E-state index in [2.05, 4.69) is 22.6 Å². The second-order valence-corrected chi connectivity index (χ2v) is 15.1. The van der Waals surface area contributed by atoms with Crippen molar-refractivity contribution in [3.63, 3.8) is 0 Å². The van der Waals surface area contributed by atoms with E-state index in [4.69, 9.17) is 18.9 Å². The molecule has 4 aromatic rings. The van der Waals surface area contributed by atoms with Crippen molar-refractivity contribution in [2.45, 2.75) is 76.6 Å². The predicted molar refractivity (Wildman–Crippen MR) is 222 cm³/mol. The van der Waals surface area contributed by atoms with Gasteiger partial charge in [0.1, 0.15) is 30.6 Å². The Morgan fingerprint density at radius 1 is 0.797 bits per heavy atom. The Hall–Kier alpha value is -6.63. The Morgan fingerprint density at radius 2 is 1.42 bits per heavy atom. The molecule has 0 saturated carbocycles. The lowest BCUT2D eigenvalue weighted by atomic mass is 9.98. The van der Waals surface area contributed by atoms with Crippen LogP contribution in [0.15, 0.2) is 116 Å². The van der Waals surface area contributed by atoms with Crippen LogP contribution in [0.2, 0.25) is 0 Å². The minimum Gasteiger partial charge on any atom is -0.488 e. The number of benzene rings is 4. The van der Waals surface area contributed by atoms with Crippen LogP contribution >= 0.6 is 0 Å². The van der Waals surface area contributed by atoms with Gasteiger partial charge in [-0.2, -0.15) is 0 Å². The van der Waals surface area contributed by atoms with Gasteiger partial charge in [-0.05, 0) is 79.1 Å². The first-order chi connectivity index (χ1) is 28.3. The van der Waals surface area contributed by atoms with Crippen LogP contribution in [-0.2, 0) is 41.6 Å². The number of alkyl carbamates (subject to hydrolysis) is 1. The summed E-state index contributed by atoms with van der Waals surface area (Å²) in [5, 5.41) is 6.53. The normalized spacial score (nSPS) is 12.7. The molecule has 4 amide bonds. The van der Waals surface area contributed by atoms with Crippen LogP contribution in [0.4, 0.5) is 9.59 Å². The third-order valence-corrected chi connectivity index (χ3v) is 9.40. The molecule has 3 N–H and O–H groups in total. The number of amides is 4. The lowest BCUT2D eigenvalue weighted by molar-refractivity contribution is -0.144. The molecule has 0 saturated heterocycles. The summed E-state index contributed by atoms with van der Waals surface area (Å²) in [4.78, 5) is 66.0. The van der Waals surface area contributed by atoms with E-state index >= 15 is 0 Å².